The molecule has 1 aliphatic rings. The van der Waals surface area contributed by atoms with Gasteiger partial charge in [0.2, 0.25) is 0 Å². The van der Waals surface area contributed by atoms with E-state index in [1.807, 2.05) is 24.4 Å². The third-order valence-electron chi connectivity index (χ3n) is 5.45. The highest BCUT2D eigenvalue weighted by molar-refractivity contribution is 5.94. The van der Waals surface area contributed by atoms with Gasteiger partial charge in [-0.15, -0.1) is 0 Å². The number of amides is 1. The summed E-state index contributed by atoms with van der Waals surface area (Å²) in [7, 11) is 0. The van der Waals surface area contributed by atoms with E-state index in [1.54, 1.807) is 0 Å². The first-order valence-electron chi connectivity index (χ1n) is 9.48. The quantitative estimate of drug-likeness (QED) is 0.471. The van der Waals surface area contributed by atoms with Crippen molar-refractivity contribution in [2.24, 2.45) is 5.73 Å². The Morgan fingerprint density at radius 2 is 2.21 bits per heavy atom. The number of aromatic nitrogens is 2. The first-order chi connectivity index (χ1) is 13.5. The van der Waals surface area contributed by atoms with Crippen LogP contribution in [0.4, 0.5) is 0 Å². The molecular formula is C22H24N4O2. The summed E-state index contributed by atoms with van der Waals surface area (Å²) < 4.78 is 0. The second-order valence-corrected chi connectivity index (χ2v) is 7.33. The van der Waals surface area contributed by atoms with E-state index >= 15 is 0 Å². The lowest BCUT2D eigenvalue weighted by atomic mass is 9.96. The lowest BCUT2D eigenvalue weighted by molar-refractivity contribution is -0.116. The smallest absolute Gasteiger partial charge is 0.283 e. The number of aliphatic hydroxyl groups is 1. The van der Waals surface area contributed by atoms with Crippen molar-refractivity contribution in [3.63, 3.8) is 0 Å². The van der Waals surface area contributed by atoms with E-state index in [4.69, 9.17) is 5.73 Å². The van der Waals surface area contributed by atoms with Crippen LogP contribution >= 0.6 is 0 Å². The fraction of sp³-hybridized carbons (Fsp3) is 0.273. The van der Waals surface area contributed by atoms with Gasteiger partial charge in [0.1, 0.15) is 5.65 Å². The minimum atomic E-state index is -0.817. The topological polar surface area (TPSA) is 95.2 Å². The van der Waals surface area contributed by atoms with Crippen molar-refractivity contribution >= 4 is 23.0 Å². The van der Waals surface area contributed by atoms with E-state index in [2.05, 4.69) is 33.9 Å². The number of carbonyl (C=O) groups is 1. The van der Waals surface area contributed by atoms with Crippen LogP contribution in [0.3, 0.4) is 0 Å². The van der Waals surface area contributed by atoms with E-state index < -0.39 is 11.7 Å². The molecule has 6 nitrogen and oxygen atoms in total. The average Bonchev–Trinajstić information content (AvgIpc) is 3.01. The molecule has 0 unspecified atom stereocenters. The van der Waals surface area contributed by atoms with Crippen molar-refractivity contribution < 1.29 is 9.90 Å². The molecule has 1 amide bonds. The Hall–Kier alpha value is -3.12. The number of nitrogens with two attached hydrogens (primary N) is 1. The molecule has 3 aromatic rings. The Labute approximate surface area is 163 Å². The lowest BCUT2D eigenvalue weighted by Gasteiger charge is -2.29. The van der Waals surface area contributed by atoms with Crippen LogP contribution in [0.2, 0.25) is 0 Å². The maximum absolute atomic E-state index is 11.1. The molecule has 0 aliphatic carbocycles. The zero-order valence-corrected chi connectivity index (χ0v) is 15.9. The van der Waals surface area contributed by atoms with Gasteiger partial charge < -0.3 is 15.8 Å². The molecule has 1 aromatic carbocycles. The third-order valence-corrected chi connectivity index (χ3v) is 5.45. The summed E-state index contributed by atoms with van der Waals surface area (Å²) in [6, 6.07) is 10.1. The Morgan fingerprint density at radius 3 is 3.04 bits per heavy atom. The van der Waals surface area contributed by atoms with Crippen molar-refractivity contribution in [2.45, 2.75) is 26.3 Å². The Balaban J connectivity index is 1.48. The molecule has 2 aromatic heterocycles. The van der Waals surface area contributed by atoms with Crippen LogP contribution in [0.15, 0.2) is 42.3 Å². The summed E-state index contributed by atoms with van der Waals surface area (Å²) in [6.45, 7) is 4.95. The maximum atomic E-state index is 11.1. The van der Waals surface area contributed by atoms with Crippen LogP contribution in [-0.2, 0) is 24.2 Å². The number of benzene rings is 1. The van der Waals surface area contributed by atoms with Gasteiger partial charge in [-0.25, -0.2) is 4.98 Å². The van der Waals surface area contributed by atoms with Crippen molar-refractivity contribution in [3.8, 4) is 0 Å². The van der Waals surface area contributed by atoms with E-state index in [9.17, 15) is 9.90 Å². The Morgan fingerprint density at radius 1 is 1.36 bits per heavy atom. The summed E-state index contributed by atoms with van der Waals surface area (Å²) in [5.74, 6) is -1.24. The van der Waals surface area contributed by atoms with Crippen LogP contribution in [-0.4, -0.2) is 39.0 Å². The van der Waals surface area contributed by atoms with Crippen LogP contribution in [0.25, 0.3) is 17.1 Å². The summed E-state index contributed by atoms with van der Waals surface area (Å²) in [4.78, 5) is 21.3. The molecule has 0 saturated heterocycles. The van der Waals surface area contributed by atoms with E-state index in [-0.39, 0.29) is 0 Å². The predicted octanol–water partition coefficient (Wildman–Crippen LogP) is 2.86. The standard InChI is InChI=1S/C22H24N4O2/c1-14-18(19-3-2-8-24-22(19)25-14)7-10-26-9-6-16-5-4-15(11-17(16)13-26)12-20(27)21(23)28/h2-5,8,11-12,27H,6-7,9-10,13H2,1H3,(H2,23,28)(H,24,25). The molecule has 0 fully saturated rings. The van der Waals surface area contributed by atoms with Crippen LogP contribution in [0, 0.1) is 6.92 Å². The molecule has 0 spiro atoms. The summed E-state index contributed by atoms with van der Waals surface area (Å²) in [5.41, 5.74) is 11.9. The minimum Gasteiger partial charge on any atom is -0.503 e. The number of nitrogens with zero attached hydrogens (tertiary/aromatic N) is 2. The molecule has 1 aliphatic heterocycles. The van der Waals surface area contributed by atoms with Gasteiger partial charge in [-0.2, -0.15) is 0 Å². The average molecular weight is 376 g/mol. The number of aliphatic hydroxyl groups excluding tert-OH is 1. The van der Waals surface area contributed by atoms with Gasteiger partial charge in [0.05, 0.1) is 0 Å². The molecule has 28 heavy (non-hydrogen) atoms. The van der Waals surface area contributed by atoms with Crippen molar-refractivity contribution in [2.75, 3.05) is 13.1 Å². The third kappa shape index (κ3) is 3.64. The van der Waals surface area contributed by atoms with Crippen LogP contribution < -0.4 is 5.73 Å². The molecule has 144 valence electrons. The molecule has 0 saturated carbocycles. The number of pyridine rings is 1. The number of rotatable bonds is 5. The van der Waals surface area contributed by atoms with Crippen molar-refractivity contribution in [1.29, 1.82) is 0 Å². The summed E-state index contributed by atoms with van der Waals surface area (Å²) >= 11 is 0. The number of primary amides is 1. The maximum Gasteiger partial charge on any atom is 0.283 e. The number of hydrogen-bond acceptors (Lipinski definition) is 4. The van der Waals surface area contributed by atoms with Gasteiger partial charge >= 0.3 is 0 Å². The number of fused-ring (bicyclic) bond motifs is 2. The normalized spacial score (nSPS) is 15.0. The fourth-order valence-electron chi connectivity index (χ4n) is 3.94. The zero-order chi connectivity index (χ0) is 19.7. The number of hydrogen-bond donors (Lipinski definition) is 3. The highest BCUT2D eigenvalue weighted by atomic mass is 16.3. The largest absolute Gasteiger partial charge is 0.503 e. The summed E-state index contributed by atoms with van der Waals surface area (Å²) in [6.07, 6.45) is 5.19. The van der Waals surface area contributed by atoms with E-state index in [1.165, 1.54) is 33.8 Å². The highest BCUT2D eigenvalue weighted by Crippen LogP contribution is 2.24. The minimum absolute atomic E-state index is 0.420. The number of H-pyrrole nitrogens is 1. The molecule has 3 heterocycles. The first kappa shape index (κ1) is 18.3. The SMILES string of the molecule is Cc1[nH]c2ncccc2c1CCN1CCc2ccc(C=C(O)C(N)=O)cc2C1. The molecule has 6 heteroatoms. The number of nitrogens with one attached hydrogen (secondary N) is 1. The zero-order valence-electron chi connectivity index (χ0n) is 15.9. The first-order valence-corrected chi connectivity index (χ1v) is 9.48. The van der Waals surface area contributed by atoms with Gasteiger partial charge in [0.25, 0.3) is 5.91 Å². The van der Waals surface area contributed by atoms with Gasteiger partial charge in [0.15, 0.2) is 5.76 Å². The van der Waals surface area contributed by atoms with Gasteiger partial charge in [0, 0.05) is 36.9 Å². The Kier molecular flexibility index (Phi) is 4.88. The second kappa shape index (κ2) is 7.48. The fourth-order valence-corrected chi connectivity index (χ4v) is 3.94. The molecule has 4 rings (SSSR count). The molecule has 0 radical (unpaired) electrons. The summed E-state index contributed by atoms with van der Waals surface area (Å²) in [5, 5.41) is 10.8. The number of aromatic amines is 1. The van der Waals surface area contributed by atoms with E-state index in [0.29, 0.717) is 0 Å². The van der Waals surface area contributed by atoms with Crippen LogP contribution in [0.5, 0.6) is 0 Å². The number of carbonyl (C=O) groups excluding carboxylic acids is 1. The van der Waals surface area contributed by atoms with Gasteiger partial charge in [-0.05, 0) is 60.2 Å². The van der Waals surface area contributed by atoms with Gasteiger partial charge in [-0.1, -0.05) is 18.2 Å². The molecular weight excluding hydrogens is 352 g/mol. The monoisotopic (exact) mass is 376 g/mol. The second-order valence-electron chi connectivity index (χ2n) is 7.33. The highest BCUT2D eigenvalue weighted by Gasteiger charge is 2.18. The lowest BCUT2D eigenvalue weighted by Crippen LogP contribution is -2.32. The van der Waals surface area contributed by atoms with Crippen molar-refractivity contribution in [3.05, 3.63) is 70.2 Å². The Bertz CT molecular complexity index is 1070. The molecule has 0 bridgehead atoms. The predicted molar refractivity (Wildman–Crippen MR) is 110 cm³/mol. The number of aryl methyl sites for hydroxylation is 1. The molecule has 0 atom stereocenters. The van der Waals surface area contributed by atoms with Gasteiger partial charge in [-0.3, -0.25) is 9.69 Å². The van der Waals surface area contributed by atoms with Crippen LogP contribution in [0.1, 0.15) is 27.9 Å². The molecule has 4 N–H and O–H groups in total. The van der Waals surface area contributed by atoms with Crippen molar-refractivity contribution in [1.82, 2.24) is 14.9 Å². The van der Waals surface area contributed by atoms with E-state index in [0.717, 1.165) is 43.7 Å².